The fourth-order valence-corrected chi connectivity index (χ4v) is 13.4. The van der Waals surface area contributed by atoms with E-state index in [0.29, 0.717) is 56.1 Å². The lowest BCUT2D eigenvalue weighted by atomic mass is 9.71. The van der Waals surface area contributed by atoms with Crippen molar-refractivity contribution in [3.63, 3.8) is 0 Å². The van der Waals surface area contributed by atoms with Crippen LogP contribution in [-0.4, -0.2) is 146 Å². The topological polar surface area (TPSA) is 158 Å². The third-order valence-electron chi connectivity index (χ3n) is 14.2. The molecule has 0 saturated carbocycles. The van der Waals surface area contributed by atoms with Crippen molar-refractivity contribution in [2.24, 2.45) is 11.1 Å². The van der Waals surface area contributed by atoms with Crippen LogP contribution in [-0.2, 0) is 24.6 Å². The molecular formula is C52H65ClF3N7O6S3. The number of sulfone groups is 1. The number of halogens is 4. The number of likely N-dealkylation sites (tertiary alicyclic amines) is 1. The number of allylic oxidation sites excluding steroid dienone is 1. The standard InChI is InChI=1S/C52H65ClF3N7O6S3/c1-51(37-62-22-5-6-42(57)35-62)21-19-47(38-9-13-41(53)14-10-38)40(33-51)34-61-24-26-63(27-25-61)44-15-11-39(12-16-44)50(64)59-72(67,68)46-17-18-48(49(32-46)71(65,66)52(54,55)56)58-43(20-23-60-28-30-69-31-29-60)36-70-45-7-3-2-4-8-45/h2-4,7-18,32,42-43,58H,5-6,19-31,33-37,57H2,1H3,(H,59,64)/t42-,43+,51?/m0/s1. The molecule has 1 unspecified atom stereocenters. The molecule has 0 spiro atoms. The number of anilines is 2. The number of nitrogens with zero attached hydrogens (tertiary/aromatic N) is 4. The van der Waals surface area contributed by atoms with Crippen molar-refractivity contribution in [2.75, 3.05) is 101 Å². The van der Waals surface area contributed by atoms with E-state index in [9.17, 15) is 34.8 Å². The van der Waals surface area contributed by atoms with Crippen LogP contribution in [0.15, 0.2) is 117 Å². The number of thioether (sulfide) groups is 1. The molecule has 20 heteroatoms. The molecule has 3 fully saturated rings. The Balaban J connectivity index is 0.919. The average Bonchev–Trinajstić information content (AvgIpc) is 3.35. The number of hydrogen-bond donors (Lipinski definition) is 3. The van der Waals surface area contributed by atoms with Gasteiger partial charge < -0.3 is 25.6 Å². The number of morpholine rings is 1. The lowest BCUT2D eigenvalue weighted by Crippen LogP contribution is -2.49. The van der Waals surface area contributed by atoms with Gasteiger partial charge in [0.05, 0.1) is 23.8 Å². The van der Waals surface area contributed by atoms with E-state index < -0.39 is 52.8 Å². The number of sulfonamides is 1. The summed E-state index contributed by atoms with van der Waals surface area (Å²) in [4.78, 5) is 21.7. The molecule has 0 bridgehead atoms. The Morgan fingerprint density at radius 1 is 0.889 bits per heavy atom. The number of piperidine rings is 1. The van der Waals surface area contributed by atoms with Crippen molar-refractivity contribution in [1.82, 2.24) is 19.4 Å². The molecule has 4 aromatic carbocycles. The highest BCUT2D eigenvalue weighted by Gasteiger charge is 2.48. The van der Waals surface area contributed by atoms with E-state index >= 15 is 0 Å². The van der Waals surface area contributed by atoms with Crippen LogP contribution in [0.1, 0.15) is 61.4 Å². The largest absolute Gasteiger partial charge is 0.501 e. The second-order valence-corrected chi connectivity index (χ2v) is 24.9. The van der Waals surface area contributed by atoms with E-state index in [1.165, 1.54) is 40.6 Å². The second-order valence-electron chi connectivity index (χ2n) is 19.8. The third kappa shape index (κ3) is 13.9. The van der Waals surface area contributed by atoms with E-state index in [0.717, 1.165) is 107 Å². The lowest BCUT2D eigenvalue weighted by molar-refractivity contribution is -0.0435. The smallest absolute Gasteiger partial charge is 0.380 e. The average molecular weight is 1070 g/mol. The van der Waals surface area contributed by atoms with Crippen molar-refractivity contribution >= 4 is 66.1 Å². The molecule has 0 radical (unpaired) electrons. The summed E-state index contributed by atoms with van der Waals surface area (Å²) in [6.07, 6.45) is 5.74. The first kappa shape index (κ1) is 54.1. The fourth-order valence-electron chi connectivity index (χ4n) is 10.3. The Kier molecular flexibility index (Phi) is 17.7. The first-order valence-electron chi connectivity index (χ1n) is 24.6. The van der Waals surface area contributed by atoms with Crippen molar-refractivity contribution in [2.45, 2.75) is 77.7 Å². The predicted octanol–water partition coefficient (Wildman–Crippen LogP) is 8.24. The SMILES string of the molecule is CC1(CN2CCC[C@H](N)C2)CCC(c2ccc(Cl)cc2)=C(CN2CCN(c3ccc(C(=O)NS(=O)(=O)c4ccc(N[C@H](CCN5CCOCC5)CSc5ccccc5)c(S(=O)(=O)C(F)(F)F)c4)cc3)CC2)C1. The zero-order valence-corrected chi connectivity index (χ0v) is 43.8. The summed E-state index contributed by atoms with van der Waals surface area (Å²) in [5, 5.41) is 3.71. The van der Waals surface area contributed by atoms with Gasteiger partial charge in [-0.1, -0.05) is 54.4 Å². The van der Waals surface area contributed by atoms with Crippen molar-refractivity contribution < 1.29 is 39.5 Å². The summed E-state index contributed by atoms with van der Waals surface area (Å²) >= 11 is 7.74. The monoisotopic (exact) mass is 1070 g/mol. The number of rotatable bonds is 18. The Hall–Kier alpha value is -4.18. The van der Waals surface area contributed by atoms with Gasteiger partial charge >= 0.3 is 5.51 Å². The summed E-state index contributed by atoms with van der Waals surface area (Å²) in [5.74, 6) is -0.659. The van der Waals surface area contributed by atoms with Crippen LogP contribution >= 0.6 is 23.4 Å². The van der Waals surface area contributed by atoms with Crippen LogP contribution in [0.25, 0.3) is 5.57 Å². The maximum Gasteiger partial charge on any atom is 0.501 e. The molecular weight excluding hydrogens is 1010 g/mol. The second kappa shape index (κ2) is 23.6. The maximum atomic E-state index is 14.2. The van der Waals surface area contributed by atoms with E-state index in [4.69, 9.17) is 22.1 Å². The minimum absolute atomic E-state index is 0.00467. The number of nitrogens with two attached hydrogens (primary N) is 1. The first-order chi connectivity index (χ1) is 34.3. The molecule has 390 valence electrons. The summed E-state index contributed by atoms with van der Waals surface area (Å²) in [5.41, 5.74) is 5.25. The Morgan fingerprint density at radius 2 is 1.60 bits per heavy atom. The van der Waals surface area contributed by atoms with Gasteiger partial charge in [-0.25, -0.2) is 21.6 Å². The molecule has 0 aromatic heterocycles. The van der Waals surface area contributed by atoms with Gasteiger partial charge in [0.15, 0.2) is 0 Å². The molecule has 3 aliphatic heterocycles. The molecule has 4 aliphatic rings. The van der Waals surface area contributed by atoms with Crippen LogP contribution in [0.2, 0.25) is 5.02 Å². The third-order valence-corrected chi connectivity index (χ3v) is 18.5. The molecule has 3 heterocycles. The molecule has 4 aromatic rings. The van der Waals surface area contributed by atoms with Crippen molar-refractivity contribution in [3.05, 3.63) is 119 Å². The van der Waals surface area contributed by atoms with Crippen molar-refractivity contribution in [1.29, 1.82) is 0 Å². The molecule has 1 aliphatic carbocycles. The number of piperazine rings is 1. The Bertz CT molecular complexity index is 2740. The number of amides is 1. The number of carbonyl (C=O) groups is 1. The first-order valence-corrected chi connectivity index (χ1v) is 29.0. The molecule has 13 nitrogen and oxygen atoms in total. The lowest BCUT2D eigenvalue weighted by Gasteiger charge is -2.44. The minimum Gasteiger partial charge on any atom is -0.380 e. The normalized spacial score (nSPS) is 21.6. The van der Waals surface area contributed by atoms with Crippen LogP contribution in [0.4, 0.5) is 24.5 Å². The van der Waals surface area contributed by atoms with E-state index in [1.807, 2.05) is 47.2 Å². The number of alkyl halides is 3. The number of benzene rings is 4. The number of nitrogens with one attached hydrogen (secondary N) is 2. The van der Waals surface area contributed by atoms with E-state index in [-0.39, 0.29) is 17.0 Å². The molecule has 1 amide bonds. The summed E-state index contributed by atoms with van der Waals surface area (Å²) in [7, 11) is -10.9. The zero-order valence-electron chi connectivity index (χ0n) is 40.6. The highest BCUT2D eigenvalue weighted by Crippen LogP contribution is 2.44. The zero-order chi connectivity index (χ0) is 51.1. The Morgan fingerprint density at radius 3 is 2.28 bits per heavy atom. The van der Waals surface area contributed by atoms with Crippen LogP contribution < -0.4 is 20.7 Å². The van der Waals surface area contributed by atoms with Gasteiger partial charge in [-0.05, 0) is 128 Å². The quantitative estimate of drug-likeness (QED) is 0.0820. The van der Waals surface area contributed by atoms with Gasteiger partial charge in [0.25, 0.3) is 25.8 Å². The fraction of sp³-hybridized carbons (Fsp3) is 0.481. The molecule has 3 saturated heterocycles. The van der Waals surface area contributed by atoms with Gasteiger partial charge in [-0.15, -0.1) is 11.8 Å². The summed E-state index contributed by atoms with van der Waals surface area (Å²) in [6, 6.07) is 26.1. The Labute approximate surface area is 431 Å². The van der Waals surface area contributed by atoms with Crippen LogP contribution in [0.3, 0.4) is 0 Å². The minimum atomic E-state index is -6.06. The number of ether oxygens (including phenoxy) is 1. The van der Waals surface area contributed by atoms with Gasteiger partial charge in [0.2, 0.25) is 0 Å². The van der Waals surface area contributed by atoms with Crippen LogP contribution in [0, 0.1) is 5.41 Å². The number of hydrogen-bond acceptors (Lipinski definition) is 13. The van der Waals surface area contributed by atoms with Gasteiger partial charge in [0, 0.05) is 104 Å². The van der Waals surface area contributed by atoms with Gasteiger partial charge in [0.1, 0.15) is 4.90 Å². The van der Waals surface area contributed by atoms with Crippen molar-refractivity contribution in [3.8, 4) is 0 Å². The molecule has 72 heavy (non-hydrogen) atoms. The maximum absolute atomic E-state index is 14.2. The number of carbonyl (C=O) groups excluding carboxylic acids is 1. The molecule has 8 rings (SSSR count). The van der Waals surface area contributed by atoms with E-state index in [1.54, 1.807) is 12.1 Å². The summed E-state index contributed by atoms with van der Waals surface area (Å²) < 4.78 is 104. The van der Waals surface area contributed by atoms with E-state index in [2.05, 4.69) is 44.0 Å². The summed E-state index contributed by atoms with van der Waals surface area (Å²) in [6.45, 7) is 12.4. The van der Waals surface area contributed by atoms with Gasteiger partial charge in [-0.3, -0.25) is 14.6 Å². The van der Waals surface area contributed by atoms with Gasteiger partial charge in [-0.2, -0.15) is 13.2 Å². The predicted molar refractivity (Wildman–Crippen MR) is 280 cm³/mol. The highest BCUT2D eigenvalue weighted by atomic mass is 35.5. The molecule has 3 atom stereocenters. The highest BCUT2D eigenvalue weighted by molar-refractivity contribution is 7.99. The molecule has 4 N–H and O–H groups in total. The van der Waals surface area contributed by atoms with Crippen LogP contribution in [0.5, 0.6) is 0 Å².